The lowest BCUT2D eigenvalue weighted by atomic mass is 10.1. The molecule has 1 atom stereocenters. The second-order valence-electron chi connectivity index (χ2n) is 7.91. The number of carbonyl (C=O) groups is 2. The Balaban J connectivity index is 1.96. The lowest BCUT2D eigenvalue weighted by Gasteiger charge is -2.33. The summed E-state index contributed by atoms with van der Waals surface area (Å²) in [5.74, 6) is -0.719. The number of fused-ring (bicyclic) bond motifs is 1. The fourth-order valence-electron chi connectivity index (χ4n) is 3.76. The van der Waals surface area contributed by atoms with Gasteiger partial charge in [0.15, 0.2) is 11.5 Å². The number of benzene rings is 2. The number of anilines is 1. The molecule has 0 radical (unpaired) electrons. The summed E-state index contributed by atoms with van der Waals surface area (Å²) in [6.45, 7) is 4.91. The van der Waals surface area contributed by atoms with E-state index in [-0.39, 0.29) is 30.7 Å². The number of ether oxygens (including phenoxy) is 2. The number of nitrogens with zero attached hydrogens (tertiary/aromatic N) is 2. The third-order valence-electron chi connectivity index (χ3n) is 5.63. The van der Waals surface area contributed by atoms with Crippen LogP contribution in [0.2, 0.25) is 0 Å². The van der Waals surface area contributed by atoms with Gasteiger partial charge in [-0.1, -0.05) is 19.1 Å². The number of hydrogen-bond donors (Lipinski definition) is 1. The molecule has 0 bridgehead atoms. The third kappa shape index (κ3) is 6.21. The predicted octanol–water partition coefficient (Wildman–Crippen LogP) is 2.65. The fourth-order valence-corrected chi connectivity index (χ4v) is 4.81. The number of likely N-dealkylation sites (N-methyl/N-ethyl adjacent to an activating group) is 1. The van der Waals surface area contributed by atoms with Crippen molar-refractivity contribution in [3.63, 3.8) is 0 Å². The Kier molecular flexibility index (Phi) is 8.55. The van der Waals surface area contributed by atoms with Crippen molar-refractivity contribution >= 4 is 27.5 Å². The van der Waals surface area contributed by atoms with Gasteiger partial charge in [0.05, 0.1) is 11.4 Å². The zero-order chi connectivity index (χ0) is 25.6. The van der Waals surface area contributed by atoms with Crippen LogP contribution in [0.5, 0.6) is 11.5 Å². The molecule has 0 aliphatic carbocycles. The number of amides is 2. The molecule has 0 fully saturated rings. The molecule has 0 saturated heterocycles. The minimum absolute atomic E-state index is 0.00983. The van der Waals surface area contributed by atoms with Crippen molar-refractivity contribution in [1.82, 2.24) is 10.2 Å². The van der Waals surface area contributed by atoms with Gasteiger partial charge in [-0.3, -0.25) is 13.9 Å². The Morgan fingerprint density at radius 1 is 1.06 bits per heavy atom. The molecule has 1 aliphatic rings. The van der Waals surface area contributed by atoms with Gasteiger partial charge in [-0.25, -0.2) is 12.8 Å². The van der Waals surface area contributed by atoms with Crippen LogP contribution in [0.15, 0.2) is 42.5 Å². The minimum atomic E-state index is -3.86. The quantitative estimate of drug-likeness (QED) is 0.501. The summed E-state index contributed by atoms with van der Waals surface area (Å²) >= 11 is 0. The van der Waals surface area contributed by atoms with E-state index in [1.54, 1.807) is 26.0 Å². The lowest BCUT2D eigenvalue weighted by molar-refractivity contribution is -0.140. The lowest BCUT2D eigenvalue weighted by Crippen LogP contribution is -2.52. The molecule has 2 aromatic rings. The number of halogens is 1. The number of rotatable bonds is 11. The molecule has 1 aliphatic heterocycles. The smallest absolute Gasteiger partial charge is 0.244 e. The molecular formula is C24H30FN3O6S. The summed E-state index contributed by atoms with van der Waals surface area (Å²) in [6.07, 6.45) is 0.309. The zero-order valence-corrected chi connectivity index (χ0v) is 20.8. The van der Waals surface area contributed by atoms with Crippen molar-refractivity contribution < 1.29 is 31.9 Å². The maximum absolute atomic E-state index is 13.6. The fraction of sp³-hybridized carbons (Fsp3) is 0.417. The van der Waals surface area contributed by atoms with E-state index in [9.17, 15) is 22.4 Å². The maximum atomic E-state index is 13.6. The van der Waals surface area contributed by atoms with E-state index in [0.717, 1.165) is 4.31 Å². The van der Waals surface area contributed by atoms with Crippen LogP contribution in [0.3, 0.4) is 0 Å². The molecule has 11 heteroatoms. The van der Waals surface area contributed by atoms with Gasteiger partial charge in [0.25, 0.3) is 0 Å². The molecule has 0 aromatic heterocycles. The third-order valence-corrected chi connectivity index (χ3v) is 7.37. The summed E-state index contributed by atoms with van der Waals surface area (Å²) < 4.78 is 51.1. The molecule has 1 heterocycles. The van der Waals surface area contributed by atoms with Gasteiger partial charge in [-0.15, -0.1) is 0 Å². The van der Waals surface area contributed by atoms with E-state index in [4.69, 9.17) is 9.47 Å². The van der Waals surface area contributed by atoms with Crippen LogP contribution in [-0.4, -0.2) is 56.8 Å². The minimum Gasteiger partial charge on any atom is -0.454 e. The van der Waals surface area contributed by atoms with Crippen LogP contribution >= 0.6 is 0 Å². The first-order valence-corrected chi connectivity index (χ1v) is 13.0. The predicted molar refractivity (Wildman–Crippen MR) is 129 cm³/mol. The van der Waals surface area contributed by atoms with Gasteiger partial charge in [0.1, 0.15) is 18.4 Å². The van der Waals surface area contributed by atoms with E-state index in [0.29, 0.717) is 30.0 Å². The molecule has 2 amide bonds. The molecule has 190 valence electrons. The highest BCUT2D eigenvalue weighted by Gasteiger charge is 2.32. The van der Waals surface area contributed by atoms with Crippen molar-refractivity contribution in [2.75, 3.05) is 29.9 Å². The largest absolute Gasteiger partial charge is 0.454 e. The molecule has 3 rings (SSSR count). The first kappa shape index (κ1) is 26.3. The van der Waals surface area contributed by atoms with Crippen molar-refractivity contribution in [2.45, 2.75) is 39.8 Å². The molecular weight excluding hydrogens is 477 g/mol. The highest BCUT2D eigenvalue weighted by Crippen LogP contribution is 2.36. The molecule has 0 saturated carbocycles. The summed E-state index contributed by atoms with van der Waals surface area (Å²) in [5.41, 5.74) is 0.854. The Bertz CT molecular complexity index is 1160. The van der Waals surface area contributed by atoms with Gasteiger partial charge in [0, 0.05) is 19.2 Å². The van der Waals surface area contributed by atoms with Gasteiger partial charge in [0.2, 0.25) is 28.6 Å². The van der Waals surface area contributed by atoms with Gasteiger partial charge < -0.3 is 19.7 Å². The van der Waals surface area contributed by atoms with Gasteiger partial charge in [-0.2, -0.15) is 0 Å². The van der Waals surface area contributed by atoms with Crippen molar-refractivity contribution in [2.24, 2.45) is 0 Å². The topological polar surface area (TPSA) is 105 Å². The SMILES string of the molecule is CCNC(=O)[C@@H](CC)N(Cc1ccc(F)cc1)C(=O)CN(c1ccc2c(c1)OCO2)S(=O)(=O)CC. The molecule has 9 nitrogen and oxygen atoms in total. The van der Waals surface area contributed by atoms with Crippen LogP contribution in [-0.2, 0) is 26.2 Å². The molecule has 1 N–H and O–H groups in total. The van der Waals surface area contributed by atoms with Crippen LogP contribution in [0, 0.1) is 5.82 Å². The Hall–Kier alpha value is -3.34. The molecule has 2 aromatic carbocycles. The first-order chi connectivity index (χ1) is 16.7. The van der Waals surface area contributed by atoms with E-state index < -0.39 is 34.3 Å². The van der Waals surface area contributed by atoms with Crippen molar-refractivity contribution in [1.29, 1.82) is 0 Å². The summed E-state index contributed by atoms with van der Waals surface area (Å²) in [5, 5.41) is 2.73. The van der Waals surface area contributed by atoms with Crippen molar-refractivity contribution in [3.8, 4) is 11.5 Å². The Labute approximate surface area is 204 Å². The second kappa shape index (κ2) is 11.4. The maximum Gasteiger partial charge on any atom is 0.244 e. The van der Waals surface area contributed by atoms with Gasteiger partial charge in [-0.05, 0) is 50.1 Å². The van der Waals surface area contributed by atoms with E-state index in [2.05, 4.69) is 5.32 Å². The number of sulfonamides is 1. The number of nitrogens with one attached hydrogen (secondary N) is 1. The molecule has 0 spiro atoms. The van der Waals surface area contributed by atoms with E-state index in [1.165, 1.54) is 42.2 Å². The van der Waals surface area contributed by atoms with E-state index >= 15 is 0 Å². The average molecular weight is 508 g/mol. The molecule has 0 unspecified atom stereocenters. The number of carbonyl (C=O) groups excluding carboxylic acids is 2. The summed E-state index contributed by atoms with van der Waals surface area (Å²) in [7, 11) is -3.86. The Morgan fingerprint density at radius 3 is 2.37 bits per heavy atom. The second-order valence-corrected chi connectivity index (χ2v) is 10.1. The Morgan fingerprint density at radius 2 is 1.74 bits per heavy atom. The van der Waals surface area contributed by atoms with Crippen LogP contribution in [0.4, 0.5) is 10.1 Å². The first-order valence-electron chi connectivity index (χ1n) is 11.4. The normalized spacial score (nSPS) is 13.3. The molecule has 35 heavy (non-hydrogen) atoms. The van der Waals surface area contributed by atoms with Crippen molar-refractivity contribution in [3.05, 3.63) is 53.8 Å². The number of hydrogen-bond acceptors (Lipinski definition) is 6. The zero-order valence-electron chi connectivity index (χ0n) is 20.0. The average Bonchev–Trinajstić information content (AvgIpc) is 3.31. The van der Waals surface area contributed by atoms with Gasteiger partial charge >= 0.3 is 0 Å². The summed E-state index contributed by atoms with van der Waals surface area (Å²) in [4.78, 5) is 27.7. The monoisotopic (exact) mass is 507 g/mol. The summed E-state index contributed by atoms with van der Waals surface area (Å²) in [6, 6.07) is 9.39. The highest BCUT2D eigenvalue weighted by molar-refractivity contribution is 7.92. The van der Waals surface area contributed by atoms with Crippen LogP contribution in [0.1, 0.15) is 32.8 Å². The van der Waals surface area contributed by atoms with Crippen LogP contribution < -0.4 is 19.1 Å². The van der Waals surface area contributed by atoms with Crippen LogP contribution in [0.25, 0.3) is 0 Å². The highest BCUT2D eigenvalue weighted by atomic mass is 32.2. The standard InChI is InChI=1S/C24H30FN3O6S/c1-4-20(24(30)26-5-2)27(14-17-7-9-18(25)10-8-17)23(29)15-28(35(31,32)6-3)19-11-12-21-22(13-19)34-16-33-21/h7-13,20H,4-6,14-16H2,1-3H3,(H,26,30)/t20-/m1/s1. The van der Waals surface area contributed by atoms with E-state index in [1.807, 2.05) is 0 Å².